The molecule has 0 bridgehead atoms. The quantitative estimate of drug-likeness (QED) is 0.852. The summed E-state index contributed by atoms with van der Waals surface area (Å²) < 4.78 is 39.4. The lowest BCUT2D eigenvalue weighted by Gasteiger charge is -2.40. The van der Waals surface area contributed by atoms with E-state index < -0.39 is 11.7 Å². The first-order valence-corrected chi connectivity index (χ1v) is 7.99. The fraction of sp³-hybridized carbons (Fsp3) is 0.600. The molecule has 0 amide bonds. The van der Waals surface area contributed by atoms with Gasteiger partial charge in [0.05, 0.1) is 11.3 Å². The molecule has 1 aromatic rings. The molecule has 1 aliphatic rings. The second kappa shape index (κ2) is 6.57. The summed E-state index contributed by atoms with van der Waals surface area (Å²) in [6.45, 7) is 5.82. The molecular weight excluding hydrogens is 345 g/mol. The van der Waals surface area contributed by atoms with Crippen LogP contribution in [0.4, 0.5) is 18.9 Å². The Hall–Kier alpha value is -0.750. The van der Waals surface area contributed by atoms with Crippen molar-refractivity contribution in [3.8, 4) is 0 Å². The molecular formula is C15H20BrF3N2. The first-order valence-electron chi connectivity index (χ1n) is 7.19. The molecule has 2 rings (SSSR count). The van der Waals surface area contributed by atoms with Gasteiger partial charge in [-0.25, -0.2) is 0 Å². The molecule has 1 N–H and O–H groups in total. The third kappa shape index (κ3) is 3.92. The van der Waals surface area contributed by atoms with E-state index in [2.05, 4.69) is 40.0 Å². The molecule has 2 atom stereocenters. The van der Waals surface area contributed by atoms with E-state index in [0.717, 1.165) is 32.0 Å². The van der Waals surface area contributed by atoms with Crippen molar-refractivity contribution in [3.63, 3.8) is 0 Å². The molecule has 1 heterocycles. The fourth-order valence-corrected chi connectivity index (χ4v) is 3.39. The number of rotatable bonds is 3. The van der Waals surface area contributed by atoms with Gasteiger partial charge in [0.2, 0.25) is 0 Å². The van der Waals surface area contributed by atoms with Gasteiger partial charge in [-0.3, -0.25) is 0 Å². The summed E-state index contributed by atoms with van der Waals surface area (Å²) in [5.41, 5.74) is 0.0361. The van der Waals surface area contributed by atoms with E-state index in [-0.39, 0.29) is 6.04 Å². The highest BCUT2D eigenvalue weighted by Crippen LogP contribution is 2.37. The molecule has 6 heteroatoms. The van der Waals surface area contributed by atoms with Gasteiger partial charge in [-0.2, -0.15) is 13.2 Å². The maximum atomic E-state index is 12.9. The van der Waals surface area contributed by atoms with Crippen LogP contribution in [0.2, 0.25) is 0 Å². The Balaban J connectivity index is 2.22. The molecule has 2 nitrogen and oxygen atoms in total. The molecule has 1 saturated heterocycles. The first kappa shape index (κ1) is 16.6. The van der Waals surface area contributed by atoms with Crippen LogP contribution in [0.15, 0.2) is 22.7 Å². The van der Waals surface area contributed by atoms with Crippen LogP contribution in [0.5, 0.6) is 0 Å². The number of nitrogens with one attached hydrogen (secondary N) is 1. The second-order valence-corrected chi connectivity index (χ2v) is 6.34. The third-order valence-electron chi connectivity index (χ3n) is 3.95. The normalized spacial score (nSPS) is 23.4. The smallest absolute Gasteiger partial charge is 0.368 e. The van der Waals surface area contributed by atoms with Gasteiger partial charge in [0.1, 0.15) is 0 Å². The predicted molar refractivity (Wildman–Crippen MR) is 82.7 cm³/mol. The first-order chi connectivity index (χ1) is 9.82. The van der Waals surface area contributed by atoms with Crippen LogP contribution in [-0.2, 0) is 6.18 Å². The summed E-state index contributed by atoms with van der Waals surface area (Å²) in [6.07, 6.45) is -2.42. The van der Waals surface area contributed by atoms with E-state index in [0.29, 0.717) is 16.2 Å². The number of piperidine rings is 1. The number of benzene rings is 1. The van der Waals surface area contributed by atoms with Crippen molar-refractivity contribution >= 4 is 21.6 Å². The Kier molecular flexibility index (Phi) is 5.20. The number of hydrogen-bond acceptors (Lipinski definition) is 2. The molecule has 0 spiro atoms. The van der Waals surface area contributed by atoms with Crippen molar-refractivity contribution < 1.29 is 13.2 Å². The van der Waals surface area contributed by atoms with Gasteiger partial charge in [-0.15, -0.1) is 0 Å². The Labute approximate surface area is 131 Å². The number of anilines is 1. The summed E-state index contributed by atoms with van der Waals surface area (Å²) in [5, 5.41) is 3.42. The lowest BCUT2D eigenvalue weighted by molar-refractivity contribution is -0.137. The molecule has 1 aromatic carbocycles. The minimum atomic E-state index is -4.30. The molecule has 2 unspecified atom stereocenters. The number of halogens is 4. The summed E-state index contributed by atoms with van der Waals surface area (Å²) in [5.74, 6) is 0. The van der Waals surface area contributed by atoms with Crippen LogP contribution in [-0.4, -0.2) is 25.2 Å². The molecule has 0 aromatic heterocycles. The third-order valence-corrected chi connectivity index (χ3v) is 4.62. The topological polar surface area (TPSA) is 15.3 Å². The van der Waals surface area contributed by atoms with Crippen LogP contribution in [0.25, 0.3) is 0 Å². The zero-order chi connectivity index (χ0) is 15.6. The van der Waals surface area contributed by atoms with Crippen molar-refractivity contribution in [2.24, 2.45) is 0 Å². The molecule has 21 heavy (non-hydrogen) atoms. The van der Waals surface area contributed by atoms with E-state index in [9.17, 15) is 13.2 Å². The largest absolute Gasteiger partial charge is 0.416 e. The zero-order valence-electron chi connectivity index (χ0n) is 12.2. The Bertz CT molecular complexity index is 490. The highest BCUT2D eigenvalue weighted by Gasteiger charge is 2.33. The summed E-state index contributed by atoms with van der Waals surface area (Å²) in [6, 6.07) is 4.51. The lowest BCUT2D eigenvalue weighted by atomic mass is 9.97. The Morgan fingerprint density at radius 3 is 2.67 bits per heavy atom. The number of nitrogens with zero attached hydrogens (tertiary/aromatic N) is 1. The molecule has 0 saturated carbocycles. The zero-order valence-corrected chi connectivity index (χ0v) is 13.8. The summed E-state index contributed by atoms with van der Waals surface area (Å²) in [7, 11) is 0. The average Bonchev–Trinajstić information content (AvgIpc) is 2.39. The standard InChI is InChI=1S/C15H20BrF3N2/c1-3-20-12-6-7-21(10(2)8-12)14-9-11(15(17,18)19)4-5-13(14)16/h4-5,9-10,12,20H,3,6-8H2,1-2H3. The van der Waals surface area contributed by atoms with Crippen molar-refractivity contribution in [1.29, 1.82) is 0 Å². The summed E-state index contributed by atoms with van der Waals surface area (Å²) in [4.78, 5) is 2.06. The lowest BCUT2D eigenvalue weighted by Crippen LogP contribution is -2.47. The van der Waals surface area contributed by atoms with Crippen LogP contribution in [0.1, 0.15) is 32.3 Å². The number of hydrogen-bond donors (Lipinski definition) is 1. The number of alkyl halides is 3. The van der Waals surface area contributed by atoms with Crippen LogP contribution in [0, 0.1) is 0 Å². The fourth-order valence-electron chi connectivity index (χ4n) is 2.91. The van der Waals surface area contributed by atoms with Crippen molar-refractivity contribution in [1.82, 2.24) is 5.32 Å². The van der Waals surface area contributed by atoms with Gasteiger partial charge >= 0.3 is 6.18 Å². The molecule has 1 fully saturated rings. The van der Waals surface area contributed by atoms with Crippen LogP contribution in [0.3, 0.4) is 0 Å². The highest BCUT2D eigenvalue weighted by molar-refractivity contribution is 9.10. The maximum absolute atomic E-state index is 12.9. The van der Waals surface area contributed by atoms with Gasteiger partial charge in [0.15, 0.2) is 0 Å². The molecule has 118 valence electrons. The maximum Gasteiger partial charge on any atom is 0.416 e. The predicted octanol–water partition coefficient (Wildman–Crippen LogP) is 4.43. The Morgan fingerprint density at radius 1 is 1.38 bits per heavy atom. The molecule has 0 aliphatic carbocycles. The van der Waals surface area contributed by atoms with E-state index in [1.54, 1.807) is 0 Å². The van der Waals surface area contributed by atoms with Crippen molar-refractivity contribution in [2.75, 3.05) is 18.0 Å². The van der Waals surface area contributed by atoms with Gasteiger partial charge in [-0.1, -0.05) is 6.92 Å². The minimum absolute atomic E-state index is 0.211. The van der Waals surface area contributed by atoms with Crippen LogP contribution >= 0.6 is 15.9 Å². The van der Waals surface area contributed by atoms with E-state index >= 15 is 0 Å². The van der Waals surface area contributed by atoms with Gasteiger partial charge < -0.3 is 10.2 Å². The van der Waals surface area contributed by atoms with Crippen molar-refractivity contribution in [3.05, 3.63) is 28.2 Å². The van der Waals surface area contributed by atoms with Crippen LogP contribution < -0.4 is 10.2 Å². The SMILES string of the molecule is CCNC1CCN(c2cc(C(F)(F)F)ccc2Br)C(C)C1. The second-order valence-electron chi connectivity index (χ2n) is 5.49. The van der Waals surface area contributed by atoms with Gasteiger partial charge in [0.25, 0.3) is 0 Å². The monoisotopic (exact) mass is 364 g/mol. The summed E-state index contributed by atoms with van der Waals surface area (Å²) >= 11 is 3.38. The van der Waals surface area contributed by atoms with Crippen molar-refractivity contribution in [2.45, 2.75) is 44.9 Å². The average molecular weight is 365 g/mol. The van der Waals surface area contributed by atoms with Gasteiger partial charge in [0, 0.05) is 23.1 Å². The molecule has 0 radical (unpaired) electrons. The van der Waals surface area contributed by atoms with E-state index in [4.69, 9.17) is 0 Å². The minimum Gasteiger partial charge on any atom is -0.368 e. The molecule has 1 aliphatic heterocycles. The van der Waals surface area contributed by atoms with E-state index in [1.807, 2.05) is 0 Å². The van der Waals surface area contributed by atoms with Gasteiger partial charge in [-0.05, 0) is 60.4 Å². The van der Waals surface area contributed by atoms with E-state index in [1.165, 1.54) is 12.1 Å². The highest BCUT2D eigenvalue weighted by atomic mass is 79.9. The Morgan fingerprint density at radius 2 is 2.10 bits per heavy atom.